The summed E-state index contributed by atoms with van der Waals surface area (Å²) < 4.78 is 52.3. The van der Waals surface area contributed by atoms with Crippen LogP contribution in [0.1, 0.15) is 25.3 Å². The number of likely N-dealkylation sites (N-methyl/N-ethyl adjacent to an activating group) is 1. The Morgan fingerprint density at radius 1 is 1.40 bits per heavy atom. The minimum Gasteiger partial charge on any atom is -0.405 e. The summed E-state index contributed by atoms with van der Waals surface area (Å²) in [5.41, 5.74) is 0.266. The summed E-state index contributed by atoms with van der Waals surface area (Å²) in [6, 6.07) is 5.75. The van der Waals surface area contributed by atoms with Gasteiger partial charge in [-0.3, -0.25) is 4.79 Å². The zero-order valence-corrected chi connectivity index (χ0v) is 14.2. The Labute approximate surface area is 144 Å². The first-order valence-corrected chi connectivity index (χ1v) is 8.08. The standard InChI is InChI=1S/C17H22F3NO4/c1-12(24-11-14-7-5-9-23-14)16(22)21(2)10-13-6-3-4-8-15(13)25-17(18,19)20/h3-4,6,8,12,14H,5,7,9-11H2,1-2H3. The van der Waals surface area contributed by atoms with Crippen LogP contribution in [0, 0.1) is 0 Å². The van der Waals surface area contributed by atoms with Crippen LogP contribution in [0.5, 0.6) is 5.75 Å². The highest BCUT2D eigenvalue weighted by Gasteiger charge is 2.32. The number of hydrogen-bond acceptors (Lipinski definition) is 4. The van der Waals surface area contributed by atoms with Crippen molar-refractivity contribution in [2.45, 2.75) is 44.9 Å². The van der Waals surface area contributed by atoms with E-state index in [2.05, 4.69) is 4.74 Å². The van der Waals surface area contributed by atoms with Gasteiger partial charge in [-0.05, 0) is 25.8 Å². The lowest BCUT2D eigenvalue weighted by atomic mass is 10.2. The number of amides is 1. The van der Waals surface area contributed by atoms with E-state index < -0.39 is 12.5 Å². The van der Waals surface area contributed by atoms with Crippen LogP contribution in [0.25, 0.3) is 0 Å². The van der Waals surface area contributed by atoms with Crippen molar-refractivity contribution in [1.82, 2.24) is 4.90 Å². The van der Waals surface area contributed by atoms with Gasteiger partial charge in [-0.15, -0.1) is 13.2 Å². The Kier molecular flexibility index (Phi) is 6.66. The highest BCUT2D eigenvalue weighted by atomic mass is 19.4. The summed E-state index contributed by atoms with van der Waals surface area (Å²) in [7, 11) is 1.51. The fourth-order valence-corrected chi connectivity index (χ4v) is 2.60. The van der Waals surface area contributed by atoms with Gasteiger partial charge < -0.3 is 19.1 Å². The fraction of sp³-hybridized carbons (Fsp3) is 0.588. The lowest BCUT2D eigenvalue weighted by molar-refractivity contribution is -0.275. The molecule has 1 heterocycles. The number of carbonyl (C=O) groups is 1. The lowest BCUT2D eigenvalue weighted by Gasteiger charge is -2.23. The Morgan fingerprint density at radius 2 is 2.12 bits per heavy atom. The molecular formula is C17H22F3NO4. The van der Waals surface area contributed by atoms with Gasteiger partial charge in [0, 0.05) is 25.8 Å². The number of ether oxygens (including phenoxy) is 3. The van der Waals surface area contributed by atoms with E-state index in [0.29, 0.717) is 13.2 Å². The van der Waals surface area contributed by atoms with Crippen molar-refractivity contribution >= 4 is 5.91 Å². The quantitative estimate of drug-likeness (QED) is 0.749. The number of hydrogen-bond donors (Lipinski definition) is 0. The van der Waals surface area contributed by atoms with Crippen molar-refractivity contribution in [3.63, 3.8) is 0 Å². The van der Waals surface area contributed by atoms with Crippen LogP contribution in [-0.4, -0.2) is 49.6 Å². The van der Waals surface area contributed by atoms with Crippen molar-refractivity contribution in [3.05, 3.63) is 29.8 Å². The molecule has 140 valence electrons. The van der Waals surface area contributed by atoms with Crippen LogP contribution in [-0.2, 0) is 20.8 Å². The average molecular weight is 361 g/mol. The van der Waals surface area contributed by atoms with E-state index in [-0.39, 0.29) is 29.9 Å². The van der Waals surface area contributed by atoms with E-state index in [1.165, 1.54) is 30.1 Å². The van der Waals surface area contributed by atoms with Crippen LogP contribution in [0.15, 0.2) is 24.3 Å². The predicted octanol–water partition coefficient (Wildman–Crippen LogP) is 3.13. The van der Waals surface area contributed by atoms with Gasteiger partial charge in [-0.25, -0.2) is 0 Å². The number of para-hydroxylation sites is 1. The summed E-state index contributed by atoms with van der Waals surface area (Å²) >= 11 is 0. The van der Waals surface area contributed by atoms with Crippen LogP contribution in [0.3, 0.4) is 0 Å². The summed E-state index contributed by atoms with van der Waals surface area (Å²) in [6.07, 6.45) is -3.60. The molecular weight excluding hydrogens is 339 g/mol. The smallest absolute Gasteiger partial charge is 0.405 e. The first kappa shape index (κ1) is 19.5. The molecule has 1 aliphatic heterocycles. The van der Waals surface area contributed by atoms with Gasteiger partial charge in [0.1, 0.15) is 11.9 Å². The van der Waals surface area contributed by atoms with Crippen molar-refractivity contribution in [1.29, 1.82) is 0 Å². The molecule has 1 aromatic carbocycles. The first-order valence-electron chi connectivity index (χ1n) is 8.08. The number of benzene rings is 1. The van der Waals surface area contributed by atoms with Gasteiger partial charge in [-0.1, -0.05) is 18.2 Å². The predicted molar refractivity (Wildman–Crippen MR) is 84.0 cm³/mol. The maximum Gasteiger partial charge on any atom is 0.573 e. The number of halogens is 3. The van der Waals surface area contributed by atoms with Crippen molar-refractivity contribution in [2.75, 3.05) is 20.3 Å². The molecule has 25 heavy (non-hydrogen) atoms. The molecule has 2 unspecified atom stereocenters. The van der Waals surface area contributed by atoms with Crippen LogP contribution >= 0.6 is 0 Å². The highest BCUT2D eigenvalue weighted by molar-refractivity contribution is 5.80. The highest BCUT2D eigenvalue weighted by Crippen LogP contribution is 2.27. The Morgan fingerprint density at radius 3 is 2.76 bits per heavy atom. The third-order valence-electron chi connectivity index (χ3n) is 3.89. The molecule has 1 amide bonds. The van der Waals surface area contributed by atoms with Crippen molar-refractivity contribution < 1.29 is 32.2 Å². The van der Waals surface area contributed by atoms with Gasteiger partial charge in [0.05, 0.1) is 12.7 Å². The van der Waals surface area contributed by atoms with Crippen molar-refractivity contribution in [2.24, 2.45) is 0 Å². The summed E-state index contributed by atoms with van der Waals surface area (Å²) in [5, 5.41) is 0. The summed E-state index contributed by atoms with van der Waals surface area (Å²) in [4.78, 5) is 13.7. The van der Waals surface area contributed by atoms with Gasteiger partial charge in [0.2, 0.25) is 0 Å². The van der Waals surface area contributed by atoms with E-state index >= 15 is 0 Å². The number of nitrogens with zero attached hydrogens (tertiary/aromatic N) is 1. The molecule has 2 atom stereocenters. The molecule has 1 fully saturated rings. The second-order valence-electron chi connectivity index (χ2n) is 5.96. The molecule has 0 N–H and O–H groups in total. The molecule has 0 saturated carbocycles. The topological polar surface area (TPSA) is 48.0 Å². The molecule has 2 rings (SSSR count). The maximum atomic E-state index is 12.5. The molecule has 1 aliphatic rings. The Hall–Kier alpha value is -1.80. The molecule has 0 radical (unpaired) electrons. The average Bonchev–Trinajstić information content (AvgIpc) is 3.05. The SMILES string of the molecule is CC(OCC1CCCO1)C(=O)N(C)Cc1ccccc1OC(F)(F)F. The second-order valence-corrected chi connectivity index (χ2v) is 5.96. The third kappa shape index (κ3) is 6.21. The summed E-state index contributed by atoms with van der Waals surface area (Å²) in [6.45, 7) is 2.63. The largest absolute Gasteiger partial charge is 0.573 e. The van der Waals surface area contributed by atoms with Gasteiger partial charge in [0.25, 0.3) is 5.91 Å². The number of carbonyl (C=O) groups excluding carboxylic acids is 1. The molecule has 0 aromatic heterocycles. The maximum absolute atomic E-state index is 12.5. The zero-order valence-electron chi connectivity index (χ0n) is 14.2. The van der Waals surface area contributed by atoms with Crippen LogP contribution in [0.2, 0.25) is 0 Å². The molecule has 1 saturated heterocycles. The fourth-order valence-electron chi connectivity index (χ4n) is 2.60. The zero-order chi connectivity index (χ0) is 18.4. The number of rotatable bonds is 7. The number of alkyl halides is 3. The van der Waals surface area contributed by atoms with Gasteiger partial charge >= 0.3 is 6.36 Å². The molecule has 1 aromatic rings. The second kappa shape index (κ2) is 8.53. The van der Waals surface area contributed by atoms with E-state index in [9.17, 15) is 18.0 Å². The van der Waals surface area contributed by atoms with E-state index in [1.807, 2.05) is 0 Å². The van der Waals surface area contributed by atoms with Crippen LogP contribution < -0.4 is 4.74 Å². The normalized spacial score (nSPS) is 18.8. The van der Waals surface area contributed by atoms with Gasteiger partial charge in [-0.2, -0.15) is 0 Å². The van der Waals surface area contributed by atoms with Crippen molar-refractivity contribution in [3.8, 4) is 5.75 Å². The minimum atomic E-state index is -4.78. The first-order chi connectivity index (χ1) is 11.8. The minimum absolute atomic E-state index is 0.00136. The molecule has 0 spiro atoms. The monoisotopic (exact) mass is 361 g/mol. The van der Waals surface area contributed by atoms with Crippen LogP contribution in [0.4, 0.5) is 13.2 Å². The molecule has 5 nitrogen and oxygen atoms in total. The molecule has 8 heteroatoms. The third-order valence-corrected chi connectivity index (χ3v) is 3.89. The van der Waals surface area contributed by atoms with E-state index in [0.717, 1.165) is 12.8 Å². The van der Waals surface area contributed by atoms with Gasteiger partial charge in [0.15, 0.2) is 0 Å². The lowest BCUT2D eigenvalue weighted by Crippen LogP contribution is -2.37. The van der Waals surface area contributed by atoms with E-state index in [1.54, 1.807) is 13.0 Å². The molecule has 0 bridgehead atoms. The Balaban J connectivity index is 1.91. The van der Waals surface area contributed by atoms with E-state index in [4.69, 9.17) is 9.47 Å². The molecule has 0 aliphatic carbocycles. The summed E-state index contributed by atoms with van der Waals surface area (Å²) in [5.74, 6) is -0.637. The Bertz CT molecular complexity index is 573.